The molecule has 8 nitrogen and oxygen atoms in total. The highest BCUT2D eigenvalue weighted by Crippen LogP contribution is 2.23. The van der Waals surface area contributed by atoms with Crippen molar-refractivity contribution in [2.45, 2.75) is 39.8 Å². The molecule has 2 heterocycles. The number of halogens is 1. The van der Waals surface area contributed by atoms with Crippen LogP contribution in [0.2, 0.25) is 0 Å². The van der Waals surface area contributed by atoms with Crippen LogP contribution in [-0.4, -0.2) is 51.3 Å². The minimum Gasteiger partial charge on any atom is -0.462 e. The molecular formula is C14H19IN4O4. The second-order valence-corrected chi connectivity index (χ2v) is 7.12. The molecule has 0 spiro atoms. The van der Waals surface area contributed by atoms with Crippen molar-refractivity contribution in [3.8, 4) is 0 Å². The number of hydrogen-bond acceptors (Lipinski definition) is 5. The van der Waals surface area contributed by atoms with Crippen LogP contribution < -0.4 is 5.32 Å². The van der Waals surface area contributed by atoms with Gasteiger partial charge in [0, 0.05) is 5.54 Å². The van der Waals surface area contributed by atoms with Gasteiger partial charge in [-0.15, -0.1) is 0 Å². The predicted molar refractivity (Wildman–Crippen MR) is 90.2 cm³/mol. The van der Waals surface area contributed by atoms with Crippen molar-refractivity contribution in [3.63, 3.8) is 0 Å². The molecule has 2 rings (SSSR count). The van der Waals surface area contributed by atoms with Crippen LogP contribution in [0.4, 0.5) is 4.79 Å². The lowest BCUT2D eigenvalue weighted by molar-refractivity contribution is 0.0515. The highest BCUT2D eigenvalue weighted by molar-refractivity contribution is 14.1. The first-order chi connectivity index (χ1) is 10.7. The van der Waals surface area contributed by atoms with Crippen LogP contribution in [0.25, 0.3) is 0 Å². The van der Waals surface area contributed by atoms with Gasteiger partial charge in [-0.2, -0.15) is 5.10 Å². The van der Waals surface area contributed by atoms with E-state index < -0.39 is 23.4 Å². The zero-order valence-electron chi connectivity index (χ0n) is 13.5. The summed E-state index contributed by atoms with van der Waals surface area (Å²) in [4.78, 5) is 38.2. The number of aromatic nitrogens is 2. The van der Waals surface area contributed by atoms with Crippen LogP contribution in [0.3, 0.4) is 0 Å². The van der Waals surface area contributed by atoms with E-state index in [1.54, 1.807) is 6.92 Å². The molecule has 1 aliphatic rings. The van der Waals surface area contributed by atoms with Gasteiger partial charge in [-0.25, -0.2) is 9.59 Å². The van der Waals surface area contributed by atoms with Crippen molar-refractivity contribution in [3.05, 3.63) is 15.0 Å². The van der Waals surface area contributed by atoms with Crippen molar-refractivity contribution in [1.29, 1.82) is 0 Å². The van der Waals surface area contributed by atoms with Crippen molar-refractivity contribution in [2.24, 2.45) is 0 Å². The molecule has 1 aliphatic heterocycles. The molecule has 0 bridgehead atoms. The van der Waals surface area contributed by atoms with Crippen LogP contribution in [0.1, 0.15) is 48.5 Å². The van der Waals surface area contributed by atoms with E-state index in [9.17, 15) is 14.4 Å². The van der Waals surface area contributed by atoms with Gasteiger partial charge in [0.1, 0.15) is 15.0 Å². The quantitative estimate of drug-likeness (QED) is 0.564. The Morgan fingerprint density at radius 1 is 1.35 bits per heavy atom. The van der Waals surface area contributed by atoms with Gasteiger partial charge in [-0.1, -0.05) is 0 Å². The Morgan fingerprint density at radius 3 is 2.57 bits per heavy atom. The lowest BCUT2D eigenvalue weighted by atomic mass is 10.1. The summed E-state index contributed by atoms with van der Waals surface area (Å²) in [6.07, 6.45) is 0. The smallest absolute Gasteiger partial charge is 0.343 e. The SMILES string of the molecule is CCOC(=O)c1c(I)nn2c1C(=O)N(C(=O)NC(C)(C)C)CC2. The number of carbonyl (C=O) groups excluding carboxylic acids is 3. The molecule has 0 atom stereocenters. The zero-order valence-corrected chi connectivity index (χ0v) is 15.6. The maximum atomic E-state index is 12.7. The topological polar surface area (TPSA) is 93.5 Å². The Bertz CT molecular complexity index is 662. The Morgan fingerprint density at radius 2 is 2.00 bits per heavy atom. The largest absolute Gasteiger partial charge is 0.462 e. The monoisotopic (exact) mass is 434 g/mol. The predicted octanol–water partition coefficient (Wildman–Crippen LogP) is 1.63. The van der Waals surface area contributed by atoms with Crippen molar-refractivity contribution in [2.75, 3.05) is 13.2 Å². The van der Waals surface area contributed by atoms with Gasteiger partial charge < -0.3 is 10.1 Å². The van der Waals surface area contributed by atoms with E-state index in [0.717, 1.165) is 4.90 Å². The fourth-order valence-electron chi connectivity index (χ4n) is 2.20. The molecule has 23 heavy (non-hydrogen) atoms. The summed E-state index contributed by atoms with van der Waals surface area (Å²) in [5.74, 6) is -1.15. The number of imide groups is 1. The molecule has 0 saturated carbocycles. The van der Waals surface area contributed by atoms with E-state index in [-0.39, 0.29) is 24.4 Å². The van der Waals surface area contributed by atoms with Gasteiger partial charge in [0.05, 0.1) is 19.7 Å². The summed E-state index contributed by atoms with van der Waals surface area (Å²) in [5, 5.41) is 6.95. The first-order valence-corrected chi connectivity index (χ1v) is 8.31. The summed E-state index contributed by atoms with van der Waals surface area (Å²) in [6, 6.07) is -0.486. The van der Waals surface area contributed by atoms with Gasteiger partial charge in [0.15, 0.2) is 0 Å². The summed E-state index contributed by atoms with van der Waals surface area (Å²) in [6.45, 7) is 7.92. The third-order valence-electron chi connectivity index (χ3n) is 3.10. The summed E-state index contributed by atoms with van der Waals surface area (Å²) < 4.78 is 6.84. The minimum absolute atomic E-state index is 0.100. The van der Waals surface area contributed by atoms with Crippen LogP contribution in [0, 0.1) is 3.70 Å². The van der Waals surface area contributed by atoms with Gasteiger partial charge in [0.25, 0.3) is 5.91 Å². The molecule has 0 aromatic carbocycles. The van der Waals surface area contributed by atoms with Gasteiger partial charge in [-0.3, -0.25) is 14.4 Å². The molecular weight excluding hydrogens is 415 g/mol. The average molecular weight is 434 g/mol. The number of amides is 3. The van der Waals surface area contributed by atoms with Gasteiger partial charge in [-0.05, 0) is 50.3 Å². The highest BCUT2D eigenvalue weighted by atomic mass is 127. The molecule has 1 aromatic rings. The first-order valence-electron chi connectivity index (χ1n) is 7.23. The lowest BCUT2D eigenvalue weighted by Gasteiger charge is -2.30. The molecule has 126 valence electrons. The van der Waals surface area contributed by atoms with Crippen molar-refractivity contribution >= 4 is 40.5 Å². The van der Waals surface area contributed by atoms with Gasteiger partial charge >= 0.3 is 12.0 Å². The van der Waals surface area contributed by atoms with Crippen molar-refractivity contribution in [1.82, 2.24) is 20.0 Å². The Hall–Kier alpha value is -1.65. The molecule has 0 aliphatic carbocycles. The van der Waals surface area contributed by atoms with E-state index in [2.05, 4.69) is 10.4 Å². The van der Waals surface area contributed by atoms with E-state index >= 15 is 0 Å². The molecule has 1 N–H and O–H groups in total. The number of hydrogen-bond donors (Lipinski definition) is 1. The number of ether oxygens (including phenoxy) is 1. The summed E-state index contributed by atoms with van der Waals surface area (Å²) >= 11 is 1.89. The van der Waals surface area contributed by atoms with E-state index in [1.165, 1.54) is 4.68 Å². The Labute approximate surface area is 147 Å². The van der Waals surface area contributed by atoms with Crippen LogP contribution >= 0.6 is 22.6 Å². The fourth-order valence-corrected chi connectivity index (χ4v) is 2.94. The number of rotatable bonds is 2. The molecule has 0 saturated heterocycles. The standard InChI is InChI=1S/C14H19IN4O4/c1-5-23-12(21)8-9-11(20)18(13(22)16-14(2,3)4)6-7-19(9)17-10(8)15/h5-7H2,1-4H3,(H,16,22). The maximum Gasteiger partial charge on any atom is 0.343 e. The van der Waals surface area contributed by atoms with Crippen LogP contribution in [0.5, 0.6) is 0 Å². The van der Waals surface area contributed by atoms with Crippen molar-refractivity contribution < 1.29 is 19.1 Å². The second kappa shape index (κ2) is 6.46. The lowest BCUT2D eigenvalue weighted by Crippen LogP contribution is -2.53. The number of carbonyl (C=O) groups is 3. The Balaban J connectivity index is 2.35. The highest BCUT2D eigenvalue weighted by Gasteiger charge is 2.37. The van der Waals surface area contributed by atoms with Gasteiger partial charge in [0.2, 0.25) is 0 Å². The van der Waals surface area contributed by atoms with Crippen LogP contribution in [0.15, 0.2) is 0 Å². The minimum atomic E-state index is -0.607. The van der Waals surface area contributed by atoms with E-state index in [1.807, 2.05) is 43.4 Å². The number of esters is 1. The maximum absolute atomic E-state index is 12.7. The summed E-state index contributed by atoms with van der Waals surface area (Å²) in [5.41, 5.74) is -0.248. The number of nitrogens with zero attached hydrogens (tertiary/aromatic N) is 3. The Kier molecular flexibility index (Phi) is 4.97. The van der Waals surface area contributed by atoms with E-state index in [0.29, 0.717) is 10.2 Å². The summed E-state index contributed by atoms with van der Waals surface area (Å²) in [7, 11) is 0. The molecule has 0 unspecified atom stereocenters. The molecule has 1 aromatic heterocycles. The normalized spacial score (nSPS) is 14.5. The molecule has 0 radical (unpaired) electrons. The van der Waals surface area contributed by atoms with Crippen LogP contribution in [-0.2, 0) is 11.3 Å². The fraction of sp³-hybridized carbons (Fsp3) is 0.571. The second-order valence-electron chi connectivity index (χ2n) is 6.09. The molecule has 0 fully saturated rings. The average Bonchev–Trinajstić information content (AvgIpc) is 2.74. The molecule has 9 heteroatoms. The number of urea groups is 1. The number of nitrogens with one attached hydrogen (secondary N) is 1. The van der Waals surface area contributed by atoms with E-state index in [4.69, 9.17) is 4.74 Å². The first kappa shape index (κ1) is 17.7. The third-order valence-corrected chi connectivity index (χ3v) is 3.85. The molecule has 3 amide bonds. The number of fused-ring (bicyclic) bond motifs is 1. The zero-order chi connectivity index (χ0) is 17.4. The third kappa shape index (κ3) is 3.65.